The van der Waals surface area contributed by atoms with Crippen LogP contribution >= 0.6 is 0 Å². The van der Waals surface area contributed by atoms with Crippen molar-refractivity contribution in [3.05, 3.63) is 29.8 Å². The summed E-state index contributed by atoms with van der Waals surface area (Å²) in [5.74, 6) is -2.05. The number of nitrogens with two attached hydrogens (primary N) is 1. The molecule has 3 N–H and O–H groups in total. The third-order valence-electron chi connectivity index (χ3n) is 3.49. The molecule has 0 aliphatic carbocycles. The maximum Gasteiger partial charge on any atom is 0.340 e. The van der Waals surface area contributed by atoms with E-state index in [0.29, 0.717) is 0 Å². The van der Waals surface area contributed by atoms with E-state index in [4.69, 9.17) is 19.3 Å². The summed E-state index contributed by atoms with van der Waals surface area (Å²) < 4.78 is 38.3. The van der Waals surface area contributed by atoms with E-state index < -0.39 is 32.4 Å². The number of esters is 1. The molecule has 0 radical (unpaired) electrons. The predicted molar refractivity (Wildman–Crippen MR) is 98.9 cm³/mol. The zero-order valence-electron chi connectivity index (χ0n) is 16.0. The van der Waals surface area contributed by atoms with E-state index in [1.165, 1.54) is 46.3 Å². The Morgan fingerprint density at radius 2 is 1.59 bits per heavy atom. The van der Waals surface area contributed by atoms with E-state index in [1.807, 2.05) is 0 Å². The normalized spacial score (nSPS) is 11.5. The number of nitrogens with zero attached hydrogens (tertiary/aromatic N) is 3. The predicted octanol–water partition coefficient (Wildman–Crippen LogP) is 0.110. The molecule has 0 bridgehead atoms. The standard InChI is InChI=1S/C16H19N5O7S/c1-16(2,12(23)18-13-19-14(26-3)21-15(20-13)27-4)28-11(22)9-7-5-6-8-10(9)29(17,24)25/h5-8H,1-4H3,(H2,17,24,25)(H,18,19,20,21,23). The Bertz CT molecular complexity index is 1020. The van der Waals surface area contributed by atoms with Gasteiger partial charge in [-0.1, -0.05) is 12.1 Å². The first-order chi connectivity index (χ1) is 13.5. The molecule has 1 heterocycles. The number of aromatic nitrogens is 3. The third kappa shape index (κ3) is 5.36. The number of anilines is 1. The van der Waals surface area contributed by atoms with E-state index >= 15 is 0 Å². The van der Waals surface area contributed by atoms with E-state index in [2.05, 4.69) is 20.3 Å². The highest BCUT2D eigenvalue weighted by Gasteiger charge is 2.34. The minimum absolute atomic E-state index is 0.107. The Kier molecular flexibility index (Phi) is 6.34. The Morgan fingerprint density at radius 1 is 1.03 bits per heavy atom. The van der Waals surface area contributed by atoms with Gasteiger partial charge in [-0.2, -0.15) is 9.97 Å². The number of benzene rings is 1. The van der Waals surface area contributed by atoms with Gasteiger partial charge < -0.3 is 14.2 Å². The van der Waals surface area contributed by atoms with Gasteiger partial charge in [0.15, 0.2) is 5.60 Å². The van der Waals surface area contributed by atoms with Crippen molar-refractivity contribution >= 4 is 27.8 Å². The molecule has 0 saturated carbocycles. The number of sulfonamides is 1. The zero-order valence-corrected chi connectivity index (χ0v) is 16.8. The van der Waals surface area contributed by atoms with Crippen LogP contribution < -0.4 is 19.9 Å². The molecule has 13 heteroatoms. The van der Waals surface area contributed by atoms with Crippen molar-refractivity contribution < 1.29 is 32.2 Å². The van der Waals surface area contributed by atoms with Gasteiger partial charge in [-0.05, 0) is 26.0 Å². The van der Waals surface area contributed by atoms with Gasteiger partial charge in [0.25, 0.3) is 5.91 Å². The zero-order chi connectivity index (χ0) is 21.8. The van der Waals surface area contributed by atoms with Crippen LogP contribution in [-0.2, 0) is 19.6 Å². The largest absolute Gasteiger partial charge is 0.467 e. The second-order valence-electron chi connectivity index (χ2n) is 6.03. The first kappa shape index (κ1) is 22.0. The molecular formula is C16H19N5O7S. The number of hydrogen-bond acceptors (Lipinski definition) is 10. The lowest BCUT2D eigenvalue weighted by molar-refractivity contribution is -0.131. The molecule has 0 aliphatic heterocycles. The third-order valence-corrected chi connectivity index (χ3v) is 4.46. The topological polar surface area (TPSA) is 173 Å². The summed E-state index contributed by atoms with van der Waals surface area (Å²) in [6, 6.07) is 4.99. The van der Waals surface area contributed by atoms with E-state index in [-0.39, 0.29) is 23.5 Å². The van der Waals surface area contributed by atoms with Gasteiger partial charge in [-0.25, -0.2) is 18.4 Å². The van der Waals surface area contributed by atoms with Crippen molar-refractivity contribution in [2.75, 3.05) is 19.5 Å². The Labute approximate surface area is 166 Å². The van der Waals surface area contributed by atoms with Crippen LogP contribution in [0.3, 0.4) is 0 Å². The van der Waals surface area contributed by atoms with Crippen LogP contribution in [0.1, 0.15) is 24.2 Å². The maximum atomic E-state index is 12.6. The summed E-state index contributed by atoms with van der Waals surface area (Å²) in [6.45, 7) is 2.60. The molecule has 12 nitrogen and oxygen atoms in total. The summed E-state index contributed by atoms with van der Waals surface area (Å²) in [4.78, 5) is 36.1. The number of amides is 1. The van der Waals surface area contributed by atoms with Crippen molar-refractivity contribution in [1.82, 2.24) is 15.0 Å². The summed E-state index contributed by atoms with van der Waals surface area (Å²) in [5.41, 5.74) is -2.03. The molecule has 0 unspecified atom stereocenters. The number of nitrogens with one attached hydrogen (secondary N) is 1. The van der Waals surface area contributed by atoms with Crippen molar-refractivity contribution in [2.45, 2.75) is 24.3 Å². The van der Waals surface area contributed by atoms with Gasteiger partial charge in [0.05, 0.1) is 24.7 Å². The summed E-state index contributed by atoms with van der Waals surface area (Å²) >= 11 is 0. The average molecular weight is 425 g/mol. The fraction of sp³-hybridized carbons (Fsp3) is 0.312. The van der Waals surface area contributed by atoms with E-state index in [9.17, 15) is 18.0 Å². The van der Waals surface area contributed by atoms with Gasteiger partial charge >= 0.3 is 18.0 Å². The molecule has 1 aromatic heterocycles. The fourth-order valence-electron chi connectivity index (χ4n) is 2.04. The van der Waals surface area contributed by atoms with Gasteiger partial charge in [0.2, 0.25) is 16.0 Å². The van der Waals surface area contributed by atoms with Crippen LogP contribution in [0.2, 0.25) is 0 Å². The molecule has 2 aromatic rings. The number of hydrogen-bond donors (Lipinski definition) is 2. The second-order valence-corrected chi connectivity index (χ2v) is 7.56. The summed E-state index contributed by atoms with van der Waals surface area (Å²) in [6.07, 6.45) is 0. The molecule has 0 aliphatic rings. The number of carbonyl (C=O) groups is 2. The fourth-order valence-corrected chi connectivity index (χ4v) is 2.77. The molecule has 1 aromatic carbocycles. The van der Waals surface area contributed by atoms with Crippen molar-refractivity contribution in [1.29, 1.82) is 0 Å². The first-order valence-electron chi connectivity index (χ1n) is 7.98. The van der Waals surface area contributed by atoms with Crippen LogP contribution in [0.5, 0.6) is 12.0 Å². The molecule has 0 fully saturated rings. The van der Waals surface area contributed by atoms with Crippen LogP contribution in [0.25, 0.3) is 0 Å². The molecule has 0 spiro atoms. The molecule has 1 amide bonds. The van der Waals surface area contributed by atoms with Crippen molar-refractivity contribution in [2.24, 2.45) is 5.14 Å². The quantitative estimate of drug-likeness (QED) is 0.580. The smallest absolute Gasteiger partial charge is 0.340 e. The van der Waals surface area contributed by atoms with Gasteiger partial charge in [0.1, 0.15) is 0 Å². The monoisotopic (exact) mass is 425 g/mol. The second kappa shape index (κ2) is 8.36. The average Bonchev–Trinajstić information content (AvgIpc) is 2.66. The molecule has 29 heavy (non-hydrogen) atoms. The highest BCUT2D eigenvalue weighted by molar-refractivity contribution is 7.89. The highest BCUT2D eigenvalue weighted by atomic mass is 32.2. The van der Waals surface area contributed by atoms with Crippen LogP contribution in [-0.4, -0.2) is 55.1 Å². The lowest BCUT2D eigenvalue weighted by atomic mass is 10.1. The lowest BCUT2D eigenvalue weighted by Gasteiger charge is -2.24. The number of primary sulfonamides is 1. The number of ether oxygens (including phenoxy) is 3. The molecule has 2 rings (SSSR count). The van der Waals surface area contributed by atoms with Crippen LogP contribution in [0.4, 0.5) is 5.95 Å². The molecular weight excluding hydrogens is 406 g/mol. The van der Waals surface area contributed by atoms with E-state index in [0.717, 1.165) is 6.07 Å². The Morgan fingerprint density at radius 3 is 2.10 bits per heavy atom. The van der Waals surface area contributed by atoms with Crippen molar-refractivity contribution in [3.8, 4) is 12.0 Å². The Balaban J connectivity index is 2.24. The van der Waals surface area contributed by atoms with Gasteiger partial charge in [0, 0.05) is 0 Å². The first-order valence-corrected chi connectivity index (χ1v) is 9.53. The Hall–Kier alpha value is -3.32. The molecule has 0 saturated heterocycles. The minimum atomic E-state index is -4.17. The number of carbonyl (C=O) groups excluding carboxylic acids is 2. The minimum Gasteiger partial charge on any atom is -0.467 e. The van der Waals surface area contributed by atoms with E-state index in [1.54, 1.807) is 0 Å². The lowest BCUT2D eigenvalue weighted by Crippen LogP contribution is -2.42. The highest BCUT2D eigenvalue weighted by Crippen LogP contribution is 2.20. The number of methoxy groups -OCH3 is 2. The van der Waals surface area contributed by atoms with Crippen LogP contribution in [0, 0.1) is 0 Å². The molecule has 156 valence electrons. The van der Waals surface area contributed by atoms with Crippen LogP contribution in [0.15, 0.2) is 29.2 Å². The summed E-state index contributed by atoms with van der Waals surface area (Å²) in [5, 5.41) is 7.47. The maximum absolute atomic E-state index is 12.6. The SMILES string of the molecule is COc1nc(NC(=O)C(C)(C)OC(=O)c2ccccc2S(N)(=O)=O)nc(OC)n1. The van der Waals surface area contributed by atoms with Gasteiger partial charge in [-0.15, -0.1) is 4.98 Å². The van der Waals surface area contributed by atoms with Crippen molar-refractivity contribution in [3.63, 3.8) is 0 Å². The summed E-state index contributed by atoms with van der Waals surface area (Å²) in [7, 11) is -1.55. The number of rotatable bonds is 7. The molecule has 0 atom stereocenters. The van der Waals surface area contributed by atoms with Gasteiger partial charge in [-0.3, -0.25) is 10.1 Å².